The molecule has 1 rings (SSSR count). The summed E-state index contributed by atoms with van der Waals surface area (Å²) >= 11 is 3.17. The Labute approximate surface area is 62.6 Å². The van der Waals surface area contributed by atoms with Crippen molar-refractivity contribution in [3.63, 3.8) is 0 Å². The third-order valence-corrected chi connectivity index (χ3v) is 1.46. The molecule has 1 aromatic rings. The minimum absolute atomic E-state index is 0.193. The van der Waals surface area contributed by atoms with Gasteiger partial charge in [-0.3, -0.25) is 0 Å². The number of halogens is 2. The van der Waals surface area contributed by atoms with E-state index in [0.717, 1.165) is 9.94 Å². The van der Waals surface area contributed by atoms with Crippen LogP contribution in [-0.4, -0.2) is 7.85 Å². The first-order chi connectivity index (χ1) is 4.18. The molecule has 0 N–H and O–H groups in total. The zero-order valence-corrected chi connectivity index (χ0v) is 6.57. The maximum Gasteiger partial charge on any atom is 0.139 e. The van der Waals surface area contributed by atoms with Gasteiger partial charge in [0.25, 0.3) is 0 Å². The van der Waals surface area contributed by atoms with Gasteiger partial charge in [0.15, 0.2) is 0 Å². The van der Waals surface area contributed by atoms with Crippen LogP contribution in [0.5, 0.6) is 0 Å². The molecule has 0 radical (unpaired) electrons. The van der Waals surface area contributed by atoms with Crippen molar-refractivity contribution in [3.8, 4) is 0 Å². The van der Waals surface area contributed by atoms with Crippen LogP contribution in [0.3, 0.4) is 0 Å². The Morgan fingerprint density at radius 2 is 2.00 bits per heavy atom. The summed E-state index contributed by atoms with van der Waals surface area (Å²) in [6, 6.07) is 4.79. The van der Waals surface area contributed by atoms with Gasteiger partial charge in [0.05, 0.1) is 0 Å². The fraction of sp³-hybridized carbons (Fsp3) is 0. The molecular formula is C6H5BBrF. The predicted molar refractivity (Wildman–Crippen MR) is 42.3 cm³/mol. The van der Waals surface area contributed by atoms with Crippen LogP contribution in [0.2, 0.25) is 0 Å². The van der Waals surface area contributed by atoms with Crippen molar-refractivity contribution in [2.75, 3.05) is 0 Å². The summed E-state index contributed by atoms with van der Waals surface area (Å²) in [5.41, 5.74) is 0.932. The van der Waals surface area contributed by atoms with Crippen molar-refractivity contribution in [2.24, 2.45) is 0 Å². The maximum atomic E-state index is 12.4. The zero-order valence-electron chi connectivity index (χ0n) is 4.99. The molecule has 1 aromatic carbocycles. The van der Waals surface area contributed by atoms with E-state index in [9.17, 15) is 4.39 Å². The Balaban J connectivity index is 3.17. The lowest BCUT2D eigenvalue weighted by atomic mass is 9.97. The van der Waals surface area contributed by atoms with Gasteiger partial charge in [0.1, 0.15) is 13.7 Å². The number of hydrogen-bond donors (Lipinski definition) is 0. The summed E-state index contributed by atoms with van der Waals surface area (Å²) in [5.74, 6) is -0.193. The molecule has 9 heavy (non-hydrogen) atoms. The lowest BCUT2D eigenvalue weighted by Crippen LogP contribution is -2.01. The summed E-state index contributed by atoms with van der Waals surface area (Å²) in [5, 5.41) is 0. The van der Waals surface area contributed by atoms with Crippen LogP contribution in [-0.2, 0) is 0 Å². The molecule has 0 aliphatic heterocycles. The van der Waals surface area contributed by atoms with Gasteiger partial charge >= 0.3 is 0 Å². The zero-order chi connectivity index (χ0) is 6.85. The average Bonchev–Trinajstić information content (AvgIpc) is 1.59. The van der Waals surface area contributed by atoms with E-state index in [0.29, 0.717) is 0 Å². The second-order valence-corrected chi connectivity index (χ2v) is 2.86. The summed E-state index contributed by atoms with van der Waals surface area (Å²) in [4.78, 5) is 0. The maximum absolute atomic E-state index is 12.4. The molecule has 3 heteroatoms. The molecule has 0 saturated carbocycles. The highest BCUT2D eigenvalue weighted by atomic mass is 79.9. The summed E-state index contributed by atoms with van der Waals surface area (Å²) in [6.45, 7) is 0. The summed E-state index contributed by atoms with van der Waals surface area (Å²) < 4.78 is 13.2. The lowest BCUT2D eigenvalue weighted by molar-refractivity contribution is 0.628. The predicted octanol–water partition coefficient (Wildman–Crippen LogP) is 0.847. The Morgan fingerprint density at radius 3 is 2.44 bits per heavy atom. The number of rotatable bonds is 0. The first-order valence-corrected chi connectivity index (χ1v) is 3.40. The average molecular weight is 187 g/mol. The highest BCUT2D eigenvalue weighted by molar-refractivity contribution is 9.10. The Morgan fingerprint density at radius 1 is 1.33 bits per heavy atom. The molecule has 0 fully saturated rings. The van der Waals surface area contributed by atoms with E-state index in [1.807, 2.05) is 13.9 Å². The minimum Gasteiger partial charge on any atom is -0.207 e. The van der Waals surface area contributed by atoms with E-state index in [4.69, 9.17) is 0 Å². The molecule has 0 aliphatic carbocycles. The van der Waals surface area contributed by atoms with Crippen LogP contribution in [0, 0.1) is 5.82 Å². The van der Waals surface area contributed by atoms with Crippen molar-refractivity contribution < 1.29 is 4.39 Å². The fourth-order valence-electron chi connectivity index (χ4n) is 0.692. The highest BCUT2D eigenvalue weighted by Crippen LogP contribution is 2.07. The molecule has 46 valence electrons. The van der Waals surface area contributed by atoms with Crippen LogP contribution >= 0.6 is 15.9 Å². The van der Waals surface area contributed by atoms with Crippen molar-refractivity contribution in [1.82, 2.24) is 0 Å². The van der Waals surface area contributed by atoms with E-state index < -0.39 is 0 Å². The van der Waals surface area contributed by atoms with Gasteiger partial charge in [0.2, 0.25) is 0 Å². The lowest BCUT2D eigenvalue weighted by Gasteiger charge is -1.92. The van der Waals surface area contributed by atoms with Gasteiger partial charge in [-0.25, -0.2) is 4.39 Å². The molecule has 0 aliphatic rings. The fourth-order valence-corrected chi connectivity index (χ4v) is 1.27. The van der Waals surface area contributed by atoms with Gasteiger partial charge in [-0.1, -0.05) is 27.5 Å². The van der Waals surface area contributed by atoms with Gasteiger partial charge in [-0.2, -0.15) is 0 Å². The SMILES string of the molecule is Bc1cc(F)cc(Br)c1. The van der Waals surface area contributed by atoms with Crippen LogP contribution < -0.4 is 5.46 Å². The molecule has 0 bridgehead atoms. The van der Waals surface area contributed by atoms with E-state index >= 15 is 0 Å². The van der Waals surface area contributed by atoms with Crippen LogP contribution in [0.15, 0.2) is 22.7 Å². The van der Waals surface area contributed by atoms with E-state index in [1.165, 1.54) is 12.1 Å². The van der Waals surface area contributed by atoms with Gasteiger partial charge in [-0.05, 0) is 12.1 Å². The van der Waals surface area contributed by atoms with E-state index in [2.05, 4.69) is 15.9 Å². The number of hydrogen-bond acceptors (Lipinski definition) is 0. The molecule has 0 heterocycles. The first kappa shape index (κ1) is 6.81. The van der Waals surface area contributed by atoms with Gasteiger partial charge in [-0.15, -0.1) is 0 Å². The Bertz CT molecular complexity index is 174. The molecule has 0 aromatic heterocycles. The summed E-state index contributed by atoms with van der Waals surface area (Å²) in [6.07, 6.45) is 0. The third-order valence-electron chi connectivity index (χ3n) is 1.01. The van der Waals surface area contributed by atoms with Crippen molar-refractivity contribution in [3.05, 3.63) is 28.5 Å². The van der Waals surface area contributed by atoms with E-state index in [-0.39, 0.29) is 5.82 Å². The Hall–Kier alpha value is -0.305. The summed E-state index contributed by atoms with van der Waals surface area (Å²) in [7, 11) is 1.86. The van der Waals surface area contributed by atoms with Crippen LogP contribution in [0.4, 0.5) is 4.39 Å². The third kappa shape index (κ3) is 1.82. The molecule has 0 nitrogen and oxygen atoms in total. The van der Waals surface area contributed by atoms with Crippen LogP contribution in [0.1, 0.15) is 0 Å². The minimum atomic E-state index is -0.193. The van der Waals surface area contributed by atoms with Crippen molar-refractivity contribution >= 4 is 29.2 Å². The Kier molecular flexibility index (Phi) is 1.91. The second kappa shape index (κ2) is 2.52. The normalized spacial score (nSPS) is 9.56. The first-order valence-electron chi connectivity index (χ1n) is 2.61. The molecule has 0 amide bonds. The van der Waals surface area contributed by atoms with Crippen molar-refractivity contribution in [2.45, 2.75) is 0 Å². The number of benzene rings is 1. The monoisotopic (exact) mass is 186 g/mol. The molecule has 0 atom stereocenters. The quantitative estimate of drug-likeness (QED) is 0.528. The highest BCUT2D eigenvalue weighted by Gasteiger charge is 1.92. The standard InChI is InChI=1S/C6H5BBrF/c7-4-1-5(8)3-6(9)2-4/h1-3H,7H2. The largest absolute Gasteiger partial charge is 0.207 e. The molecule has 0 saturated heterocycles. The molecule has 0 spiro atoms. The van der Waals surface area contributed by atoms with Crippen LogP contribution in [0.25, 0.3) is 0 Å². The van der Waals surface area contributed by atoms with E-state index in [1.54, 1.807) is 0 Å². The topological polar surface area (TPSA) is 0 Å². The smallest absolute Gasteiger partial charge is 0.139 e. The van der Waals surface area contributed by atoms with Gasteiger partial charge < -0.3 is 0 Å². The molecular weight excluding hydrogens is 182 g/mol. The second-order valence-electron chi connectivity index (χ2n) is 1.95. The molecule has 0 unspecified atom stereocenters. The van der Waals surface area contributed by atoms with Crippen molar-refractivity contribution in [1.29, 1.82) is 0 Å². The van der Waals surface area contributed by atoms with Gasteiger partial charge in [0, 0.05) is 4.47 Å².